The van der Waals surface area contributed by atoms with E-state index in [4.69, 9.17) is 0 Å². The fraction of sp³-hybridized carbons (Fsp3) is 0.474. The molecule has 3 nitrogen and oxygen atoms in total. The lowest BCUT2D eigenvalue weighted by molar-refractivity contribution is 0.481. The van der Waals surface area contributed by atoms with Crippen LogP contribution in [-0.4, -0.2) is 13.0 Å². The molecule has 0 aliphatic heterocycles. The Bertz CT molecular complexity index is 831. The van der Waals surface area contributed by atoms with Gasteiger partial charge in [0.25, 0.3) is 10.1 Å². The van der Waals surface area contributed by atoms with Crippen LogP contribution >= 0.6 is 0 Å². The fourth-order valence-electron chi connectivity index (χ4n) is 3.11. The largest absolute Gasteiger partial charge is 0.294 e. The number of hydrogen-bond acceptors (Lipinski definition) is 2. The van der Waals surface area contributed by atoms with E-state index in [0.717, 1.165) is 16.3 Å². The van der Waals surface area contributed by atoms with Gasteiger partial charge in [0.05, 0.1) is 4.90 Å². The molecule has 4 heteroatoms. The molecule has 0 bridgehead atoms. The summed E-state index contributed by atoms with van der Waals surface area (Å²) in [7, 11) is -4.26. The van der Waals surface area contributed by atoms with E-state index in [9.17, 15) is 13.0 Å². The van der Waals surface area contributed by atoms with Crippen LogP contribution in [0.15, 0.2) is 29.2 Å². The highest BCUT2D eigenvalue weighted by Crippen LogP contribution is 2.38. The van der Waals surface area contributed by atoms with Gasteiger partial charge < -0.3 is 0 Å². The average Bonchev–Trinajstić information content (AvgIpc) is 2.43. The molecule has 0 saturated heterocycles. The van der Waals surface area contributed by atoms with Crippen LogP contribution in [-0.2, 0) is 10.1 Å². The van der Waals surface area contributed by atoms with Gasteiger partial charge >= 0.3 is 0 Å². The number of rotatable bonds is 4. The van der Waals surface area contributed by atoms with Gasteiger partial charge in [-0.3, -0.25) is 4.55 Å². The van der Waals surface area contributed by atoms with Crippen LogP contribution in [0.4, 0.5) is 0 Å². The molecule has 0 spiro atoms. The van der Waals surface area contributed by atoms with Gasteiger partial charge in [0, 0.05) is 0 Å². The third kappa shape index (κ3) is 3.43. The van der Waals surface area contributed by atoms with Gasteiger partial charge in [-0.15, -0.1) is 0 Å². The van der Waals surface area contributed by atoms with Crippen LogP contribution in [0.2, 0.25) is 0 Å². The highest BCUT2D eigenvalue weighted by Gasteiger charge is 2.23. The summed E-state index contributed by atoms with van der Waals surface area (Å²) >= 11 is 0. The lowest BCUT2D eigenvalue weighted by Gasteiger charge is -2.20. The Hall–Kier alpha value is -1.39. The summed E-state index contributed by atoms with van der Waals surface area (Å²) in [6.45, 7) is 12.2. The van der Waals surface area contributed by atoms with Gasteiger partial charge in [-0.1, -0.05) is 59.7 Å². The van der Waals surface area contributed by atoms with Crippen LogP contribution in [0, 0.1) is 0 Å². The van der Waals surface area contributed by atoms with E-state index < -0.39 is 10.1 Å². The zero-order valence-corrected chi connectivity index (χ0v) is 15.5. The maximum absolute atomic E-state index is 12.0. The van der Waals surface area contributed by atoms with Gasteiger partial charge in [0.1, 0.15) is 0 Å². The molecule has 0 fully saturated rings. The summed E-state index contributed by atoms with van der Waals surface area (Å²) in [5, 5.41) is 2.01. The maximum atomic E-state index is 12.0. The monoisotopic (exact) mass is 334 g/mol. The van der Waals surface area contributed by atoms with Gasteiger partial charge in [0.2, 0.25) is 0 Å². The first-order valence-corrected chi connectivity index (χ1v) is 9.56. The summed E-state index contributed by atoms with van der Waals surface area (Å²) < 4.78 is 33.6. The van der Waals surface area contributed by atoms with Crippen LogP contribution < -0.4 is 0 Å². The van der Waals surface area contributed by atoms with Crippen molar-refractivity contribution in [3.8, 4) is 0 Å². The maximum Gasteiger partial charge on any atom is 0.294 e. The minimum absolute atomic E-state index is 0.00181. The predicted molar refractivity (Wildman–Crippen MR) is 96.0 cm³/mol. The molecule has 0 unspecified atom stereocenters. The van der Waals surface area contributed by atoms with Crippen LogP contribution in [0.1, 0.15) is 76.0 Å². The van der Waals surface area contributed by atoms with E-state index in [2.05, 4.69) is 32.0 Å². The minimum Gasteiger partial charge on any atom is -0.282 e. The number of fused-ring (bicyclic) bond motifs is 1. The minimum atomic E-state index is -4.26. The Balaban J connectivity index is 3.04. The lowest BCUT2D eigenvalue weighted by Crippen LogP contribution is -2.08. The molecule has 0 saturated carbocycles. The van der Waals surface area contributed by atoms with Crippen molar-refractivity contribution >= 4 is 20.9 Å². The van der Waals surface area contributed by atoms with Crippen molar-refractivity contribution in [3.05, 3.63) is 41.0 Å². The van der Waals surface area contributed by atoms with E-state index >= 15 is 0 Å². The molecule has 2 aromatic carbocycles. The molecule has 0 aromatic heterocycles. The summed E-state index contributed by atoms with van der Waals surface area (Å²) in [4.78, 5) is 0.0459. The second-order valence-corrected chi connectivity index (χ2v) is 8.51. The Morgan fingerprint density at radius 1 is 0.826 bits per heavy atom. The van der Waals surface area contributed by atoms with Gasteiger partial charge in [-0.25, -0.2) is 0 Å². The summed E-state index contributed by atoms with van der Waals surface area (Å²) in [6.07, 6.45) is 0. The van der Waals surface area contributed by atoms with Crippen molar-refractivity contribution in [3.63, 3.8) is 0 Å². The van der Waals surface area contributed by atoms with Gasteiger partial charge in [-0.05, 0) is 51.3 Å². The molecule has 23 heavy (non-hydrogen) atoms. The lowest BCUT2D eigenvalue weighted by atomic mass is 9.87. The molecule has 0 aliphatic rings. The first-order chi connectivity index (χ1) is 10.5. The molecule has 1 N–H and O–H groups in total. The standard InChI is InChI=1S/C19H26O3S/c1-11(2)14-7-8-15-16(12(3)4)10-18(23(20,21)22)19(13(5)6)17(15)9-14/h7-13H,1-6H3,(H,20,21,22). The van der Waals surface area contributed by atoms with E-state index in [1.165, 1.54) is 5.56 Å². The Morgan fingerprint density at radius 2 is 1.43 bits per heavy atom. The summed E-state index contributed by atoms with van der Waals surface area (Å²) in [5.41, 5.74) is 2.82. The molecule has 126 valence electrons. The van der Waals surface area contributed by atoms with Crippen molar-refractivity contribution in [2.45, 2.75) is 64.2 Å². The van der Waals surface area contributed by atoms with Crippen LogP contribution in [0.3, 0.4) is 0 Å². The molecule has 0 radical (unpaired) electrons. The average molecular weight is 334 g/mol. The molecular formula is C19H26O3S. The van der Waals surface area contributed by atoms with Crippen molar-refractivity contribution < 1.29 is 13.0 Å². The first kappa shape index (κ1) is 18.0. The number of benzene rings is 2. The highest BCUT2D eigenvalue weighted by atomic mass is 32.2. The van der Waals surface area contributed by atoms with Crippen molar-refractivity contribution in [1.82, 2.24) is 0 Å². The second-order valence-electron chi connectivity index (χ2n) is 7.12. The van der Waals surface area contributed by atoms with E-state index in [0.29, 0.717) is 11.5 Å². The van der Waals surface area contributed by atoms with E-state index in [1.54, 1.807) is 6.07 Å². The normalized spacial score (nSPS) is 12.8. The Labute approximate surface area is 139 Å². The van der Waals surface area contributed by atoms with Crippen LogP contribution in [0.5, 0.6) is 0 Å². The number of hydrogen-bond donors (Lipinski definition) is 1. The predicted octanol–water partition coefficient (Wildman–Crippen LogP) is 5.46. The van der Waals surface area contributed by atoms with E-state index in [-0.39, 0.29) is 16.7 Å². The SMILES string of the molecule is CC(C)c1ccc2c(C(C)C)cc(S(=O)(=O)O)c(C(C)C)c2c1. The fourth-order valence-corrected chi connectivity index (χ4v) is 4.01. The Morgan fingerprint density at radius 3 is 1.87 bits per heavy atom. The summed E-state index contributed by atoms with van der Waals surface area (Å²) in [6, 6.07) is 7.92. The zero-order valence-electron chi connectivity index (χ0n) is 14.7. The smallest absolute Gasteiger partial charge is 0.282 e. The van der Waals surface area contributed by atoms with Crippen molar-refractivity contribution in [1.29, 1.82) is 0 Å². The molecule has 0 atom stereocenters. The third-order valence-electron chi connectivity index (χ3n) is 4.34. The van der Waals surface area contributed by atoms with Crippen molar-refractivity contribution in [2.24, 2.45) is 0 Å². The zero-order chi connectivity index (χ0) is 17.5. The van der Waals surface area contributed by atoms with Gasteiger partial charge in [0.15, 0.2) is 0 Å². The molecule has 2 rings (SSSR count). The van der Waals surface area contributed by atoms with Crippen LogP contribution in [0.25, 0.3) is 10.8 Å². The quantitative estimate of drug-likeness (QED) is 0.756. The topological polar surface area (TPSA) is 54.4 Å². The molecule has 0 heterocycles. The van der Waals surface area contributed by atoms with Crippen molar-refractivity contribution in [2.75, 3.05) is 0 Å². The molecule has 0 amide bonds. The third-order valence-corrected chi connectivity index (χ3v) is 5.23. The second kappa shape index (κ2) is 6.25. The molecule has 2 aromatic rings. The summed E-state index contributed by atoms with van der Waals surface area (Å²) in [5.74, 6) is 0.526. The highest BCUT2D eigenvalue weighted by molar-refractivity contribution is 7.85. The first-order valence-electron chi connectivity index (χ1n) is 8.12. The molecule has 0 aliphatic carbocycles. The van der Waals surface area contributed by atoms with Gasteiger partial charge in [-0.2, -0.15) is 8.42 Å². The molecular weight excluding hydrogens is 308 g/mol. The van der Waals surface area contributed by atoms with E-state index in [1.807, 2.05) is 27.7 Å². The Kier molecular flexibility index (Phi) is 4.88.